The summed E-state index contributed by atoms with van der Waals surface area (Å²) in [6.45, 7) is 3.81. The topological polar surface area (TPSA) is 111 Å². The lowest BCUT2D eigenvalue weighted by atomic mass is 9.68. The summed E-state index contributed by atoms with van der Waals surface area (Å²) in [5, 5.41) is 18.7. The number of pyridine rings is 1. The number of aliphatic hydroxyl groups is 1. The molecule has 0 saturated heterocycles. The molecule has 1 aromatic carbocycles. The number of nitrogens with two attached hydrogens (primary N) is 1. The Morgan fingerprint density at radius 2 is 1.83 bits per heavy atom. The predicted octanol–water partition coefficient (Wildman–Crippen LogP) is 5.82. The molecular weight excluding hydrogens is 526 g/mol. The summed E-state index contributed by atoms with van der Waals surface area (Å²) in [6, 6.07) is 7.66. The molecule has 4 aromatic rings. The van der Waals surface area contributed by atoms with E-state index in [-0.39, 0.29) is 29.1 Å². The number of halogens is 2. The molecule has 6 rings (SSSR count). The standard InChI is InChI=1S/C31H36F2N6O2/c1-18-12-19(13-27(34)30(18,2)40)22-8-11-35-17-26(22)37-29-36-16-21-6-7-25(38-39(21)29)28-23(32)14-20(15-24(28)33)31(41-3)9-4-5-10-31/h6-8,11,14-19,27,40H,4-5,9-10,12-13,34H2,1-3H3,(H,36,37)/t18-,19+,27+,30+/m0/s1. The molecular formula is C31H36F2N6O2. The van der Waals surface area contributed by atoms with Gasteiger partial charge in [0, 0.05) is 19.3 Å². The van der Waals surface area contributed by atoms with Crippen LogP contribution in [0.3, 0.4) is 0 Å². The molecule has 0 amide bonds. The van der Waals surface area contributed by atoms with Crippen molar-refractivity contribution < 1.29 is 18.6 Å². The van der Waals surface area contributed by atoms with Crippen molar-refractivity contribution in [3.8, 4) is 11.3 Å². The monoisotopic (exact) mass is 562 g/mol. The van der Waals surface area contributed by atoms with Gasteiger partial charge in [0.2, 0.25) is 5.95 Å². The summed E-state index contributed by atoms with van der Waals surface area (Å²) in [6.07, 6.45) is 9.87. The van der Waals surface area contributed by atoms with E-state index in [2.05, 4.69) is 20.4 Å². The first-order chi connectivity index (χ1) is 19.6. The van der Waals surface area contributed by atoms with Crippen LogP contribution in [0.25, 0.3) is 16.8 Å². The zero-order valence-electron chi connectivity index (χ0n) is 23.6. The molecule has 8 nitrogen and oxygen atoms in total. The van der Waals surface area contributed by atoms with Crippen LogP contribution in [0.15, 0.2) is 48.9 Å². The fraction of sp³-hybridized carbons (Fsp3) is 0.452. The predicted molar refractivity (Wildman–Crippen MR) is 153 cm³/mol. The van der Waals surface area contributed by atoms with Crippen molar-refractivity contribution in [1.82, 2.24) is 19.6 Å². The lowest BCUT2D eigenvalue weighted by Crippen LogP contribution is -2.54. The van der Waals surface area contributed by atoms with Crippen LogP contribution in [-0.2, 0) is 10.3 Å². The van der Waals surface area contributed by atoms with Crippen LogP contribution in [0, 0.1) is 17.6 Å². The molecule has 0 radical (unpaired) electrons. The number of aromatic nitrogens is 4. The Balaban J connectivity index is 1.33. The summed E-state index contributed by atoms with van der Waals surface area (Å²) < 4.78 is 38.3. The smallest absolute Gasteiger partial charge is 0.229 e. The second-order valence-corrected chi connectivity index (χ2v) is 11.8. The molecule has 3 aromatic heterocycles. The number of ether oxygens (including phenoxy) is 1. The Morgan fingerprint density at radius 3 is 2.51 bits per heavy atom. The van der Waals surface area contributed by atoms with E-state index < -0.39 is 22.8 Å². The third-order valence-electron chi connectivity index (χ3n) is 9.48. The molecule has 2 saturated carbocycles. The number of imidazole rings is 1. The highest BCUT2D eigenvalue weighted by molar-refractivity contribution is 5.66. The Hall–Kier alpha value is -3.47. The van der Waals surface area contributed by atoms with Gasteiger partial charge >= 0.3 is 0 Å². The van der Waals surface area contributed by atoms with Gasteiger partial charge in [0.25, 0.3) is 0 Å². The third-order valence-corrected chi connectivity index (χ3v) is 9.48. The van der Waals surface area contributed by atoms with Gasteiger partial charge in [0.15, 0.2) is 0 Å². The van der Waals surface area contributed by atoms with Crippen LogP contribution >= 0.6 is 0 Å². The van der Waals surface area contributed by atoms with Gasteiger partial charge in [-0.3, -0.25) is 4.98 Å². The summed E-state index contributed by atoms with van der Waals surface area (Å²) in [5.74, 6) is -0.858. The van der Waals surface area contributed by atoms with E-state index in [1.165, 1.54) is 16.6 Å². The Morgan fingerprint density at radius 1 is 1.10 bits per heavy atom. The van der Waals surface area contributed by atoms with Crippen LogP contribution in [0.4, 0.5) is 20.4 Å². The van der Waals surface area contributed by atoms with E-state index in [4.69, 9.17) is 10.5 Å². The summed E-state index contributed by atoms with van der Waals surface area (Å²) in [5.41, 5.74) is 7.66. The van der Waals surface area contributed by atoms with Crippen LogP contribution in [0.2, 0.25) is 0 Å². The second kappa shape index (κ2) is 10.4. The molecule has 2 fully saturated rings. The zero-order chi connectivity index (χ0) is 28.9. The van der Waals surface area contributed by atoms with Crippen LogP contribution < -0.4 is 11.1 Å². The van der Waals surface area contributed by atoms with E-state index in [0.717, 1.165) is 43.4 Å². The highest BCUT2D eigenvalue weighted by Crippen LogP contribution is 2.44. The fourth-order valence-electron chi connectivity index (χ4n) is 6.65. The van der Waals surface area contributed by atoms with Crippen molar-refractivity contribution in [1.29, 1.82) is 0 Å². The minimum Gasteiger partial charge on any atom is -0.388 e. The van der Waals surface area contributed by atoms with E-state index in [0.29, 0.717) is 23.4 Å². The van der Waals surface area contributed by atoms with E-state index in [1.807, 2.05) is 13.0 Å². The van der Waals surface area contributed by atoms with Gasteiger partial charge in [-0.25, -0.2) is 13.8 Å². The van der Waals surface area contributed by atoms with Crippen molar-refractivity contribution in [3.05, 3.63) is 71.7 Å². The van der Waals surface area contributed by atoms with Crippen molar-refractivity contribution in [2.75, 3.05) is 12.4 Å². The van der Waals surface area contributed by atoms with E-state index in [1.54, 1.807) is 44.8 Å². The minimum absolute atomic E-state index is 0.0114. The molecule has 4 atom stereocenters. The molecule has 10 heteroatoms. The van der Waals surface area contributed by atoms with Gasteiger partial charge < -0.3 is 20.9 Å². The summed E-state index contributed by atoms with van der Waals surface area (Å²) >= 11 is 0. The number of nitrogens with one attached hydrogen (secondary N) is 1. The summed E-state index contributed by atoms with van der Waals surface area (Å²) in [7, 11) is 1.60. The second-order valence-electron chi connectivity index (χ2n) is 11.8. The van der Waals surface area contributed by atoms with Crippen molar-refractivity contribution in [2.45, 2.75) is 75.5 Å². The zero-order valence-corrected chi connectivity index (χ0v) is 23.6. The largest absolute Gasteiger partial charge is 0.388 e. The molecule has 3 heterocycles. The van der Waals surface area contributed by atoms with Gasteiger partial charge in [-0.05, 0) is 85.9 Å². The molecule has 0 spiro atoms. The first kappa shape index (κ1) is 27.7. The van der Waals surface area contributed by atoms with E-state index >= 15 is 8.78 Å². The Kier molecular flexibility index (Phi) is 7.04. The van der Waals surface area contributed by atoms with Gasteiger partial charge in [0.1, 0.15) is 11.6 Å². The normalized spacial score (nSPS) is 26.0. The number of fused-ring (bicyclic) bond motifs is 1. The van der Waals surface area contributed by atoms with Gasteiger partial charge in [-0.2, -0.15) is 9.61 Å². The fourth-order valence-corrected chi connectivity index (χ4v) is 6.65. The number of methoxy groups -OCH3 is 1. The average molecular weight is 563 g/mol. The SMILES string of the molecule is COC1(c2cc(F)c(-c3ccc4cnc(Nc5cnccc5[C@H]5C[C@@H](N)[C@](C)(O)[C@@H](C)C5)n4n3)c(F)c2)CCCC1. The van der Waals surface area contributed by atoms with Gasteiger partial charge in [-0.1, -0.05) is 19.8 Å². The average Bonchev–Trinajstić information content (AvgIpc) is 3.60. The first-order valence-corrected chi connectivity index (χ1v) is 14.2. The highest BCUT2D eigenvalue weighted by atomic mass is 19.1. The molecule has 216 valence electrons. The maximum absolute atomic E-state index is 15.5. The van der Waals surface area contributed by atoms with Crippen molar-refractivity contribution >= 4 is 17.2 Å². The van der Waals surface area contributed by atoms with Crippen LogP contribution in [0.1, 0.15) is 69.4 Å². The minimum atomic E-state index is -0.930. The maximum atomic E-state index is 15.5. The lowest BCUT2D eigenvalue weighted by molar-refractivity contribution is -0.0463. The molecule has 0 unspecified atom stereocenters. The highest BCUT2D eigenvalue weighted by Gasteiger charge is 2.42. The van der Waals surface area contributed by atoms with Crippen LogP contribution in [-0.4, -0.2) is 43.4 Å². The van der Waals surface area contributed by atoms with E-state index in [9.17, 15) is 5.11 Å². The molecule has 0 aliphatic heterocycles. The van der Waals surface area contributed by atoms with Crippen molar-refractivity contribution in [3.63, 3.8) is 0 Å². The number of hydrogen-bond donors (Lipinski definition) is 3. The molecule has 2 aliphatic rings. The molecule has 2 aliphatic carbocycles. The molecule has 0 bridgehead atoms. The maximum Gasteiger partial charge on any atom is 0.229 e. The number of nitrogens with zero attached hydrogens (tertiary/aromatic N) is 4. The number of hydrogen-bond acceptors (Lipinski definition) is 7. The number of benzene rings is 1. The van der Waals surface area contributed by atoms with Crippen molar-refractivity contribution in [2.24, 2.45) is 11.7 Å². The molecule has 41 heavy (non-hydrogen) atoms. The van der Waals surface area contributed by atoms with Crippen LogP contribution in [0.5, 0.6) is 0 Å². The van der Waals surface area contributed by atoms with Gasteiger partial charge in [-0.15, -0.1) is 0 Å². The third kappa shape index (κ3) is 4.77. The number of anilines is 2. The first-order valence-electron chi connectivity index (χ1n) is 14.2. The molecule has 4 N–H and O–H groups in total. The lowest BCUT2D eigenvalue weighted by Gasteiger charge is -2.44. The summed E-state index contributed by atoms with van der Waals surface area (Å²) in [4.78, 5) is 8.79. The van der Waals surface area contributed by atoms with Gasteiger partial charge in [0.05, 0.1) is 46.1 Å². The quantitative estimate of drug-likeness (QED) is 0.272. The Bertz CT molecular complexity index is 1550. The Labute approximate surface area is 238 Å². The number of rotatable bonds is 6.